The van der Waals surface area contributed by atoms with E-state index in [0.29, 0.717) is 0 Å². The first-order valence-electron chi connectivity index (χ1n) is 13.4. The largest absolute Gasteiger partial charge is 0.463 e. The van der Waals surface area contributed by atoms with E-state index in [1.165, 1.54) is 0 Å². The van der Waals surface area contributed by atoms with E-state index >= 15 is 0 Å². The molecule has 18 nitrogen and oxygen atoms in total. The summed E-state index contributed by atoms with van der Waals surface area (Å²) in [6.07, 6.45) is -14.2. The van der Waals surface area contributed by atoms with Crippen LogP contribution in [0, 0.1) is 0 Å². The predicted octanol–water partition coefficient (Wildman–Crippen LogP) is -1.83. The molecule has 248 valence electrons. The molecule has 2 heterocycles. The third-order valence-electron chi connectivity index (χ3n) is 6.03. The van der Waals surface area contributed by atoms with E-state index in [2.05, 4.69) is 5.32 Å². The third-order valence-corrected chi connectivity index (χ3v) is 6.03. The molecule has 2 aliphatic rings. The number of hydrogen-bond acceptors (Lipinski definition) is 17. The van der Waals surface area contributed by atoms with Gasteiger partial charge in [0.25, 0.3) is 0 Å². The summed E-state index contributed by atoms with van der Waals surface area (Å²) in [6, 6.07) is -1.43. The van der Waals surface area contributed by atoms with Crippen LogP contribution in [0.5, 0.6) is 0 Å². The van der Waals surface area contributed by atoms with Gasteiger partial charge in [-0.2, -0.15) is 0 Å². The minimum absolute atomic E-state index is 0.559. The van der Waals surface area contributed by atoms with Gasteiger partial charge >= 0.3 is 35.8 Å². The van der Waals surface area contributed by atoms with Gasteiger partial charge in [0.1, 0.15) is 37.6 Å². The van der Waals surface area contributed by atoms with Gasteiger partial charge < -0.3 is 53.1 Å². The fourth-order valence-electron chi connectivity index (χ4n) is 4.59. The van der Waals surface area contributed by atoms with E-state index in [1.54, 1.807) is 0 Å². The highest BCUT2D eigenvalue weighted by atomic mass is 16.8. The smallest absolute Gasteiger partial charge is 0.303 e. The van der Waals surface area contributed by atoms with Crippen molar-refractivity contribution in [2.45, 2.75) is 110 Å². The highest BCUT2D eigenvalue weighted by molar-refractivity contribution is 5.73. The highest BCUT2D eigenvalue weighted by Gasteiger charge is 2.56. The Bertz CT molecular complexity index is 1090. The number of esters is 6. The maximum absolute atomic E-state index is 12.2. The molecule has 0 spiro atoms. The summed E-state index contributed by atoms with van der Waals surface area (Å²) in [7, 11) is 0. The molecule has 0 bridgehead atoms. The second kappa shape index (κ2) is 16.3. The molecule has 18 heteroatoms. The van der Waals surface area contributed by atoms with Gasteiger partial charge in [-0.3, -0.25) is 33.6 Å². The molecule has 44 heavy (non-hydrogen) atoms. The average Bonchev–Trinajstić information content (AvgIpc) is 2.87. The molecule has 10 atom stereocenters. The van der Waals surface area contributed by atoms with Crippen LogP contribution in [0.25, 0.3) is 0 Å². The molecule has 0 aromatic rings. The van der Waals surface area contributed by atoms with Gasteiger partial charge in [0.05, 0.1) is 0 Å². The molecule has 1 amide bonds. The zero-order chi connectivity index (χ0) is 33.3. The van der Waals surface area contributed by atoms with Gasteiger partial charge in [0.2, 0.25) is 5.91 Å². The van der Waals surface area contributed by atoms with Crippen LogP contribution >= 0.6 is 0 Å². The van der Waals surface area contributed by atoms with Gasteiger partial charge in [0, 0.05) is 48.5 Å². The summed E-state index contributed by atoms with van der Waals surface area (Å²) in [5.74, 6) is -5.68. The lowest BCUT2D eigenvalue weighted by Gasteiger charge is -2.48. The van der Waals surface area contributed by atoms with Crippen LogP contribution < -0.4 is 5.32 Å². The Kier molecular flexibility index (Phi) is 13.4. The third kappa shape index (κ3) is 10.7. The molecular weight excluding hydrogens is 598 g/mol. The van der Waals surface area contributed by atoms with Crippen molar-refractivity contribution in [3.63, 3.8) is 0 Å². The first-order valence-corrected chi connectivity index (χ1v) is 13.4. The second-order valence-corrected chi connectivity index (χ2v) is 9.84. The summed E-state index contributed by atoms with van der Waals surface area (Å²) in [5, 5.41) is 13.1. The van der Waals surface area contributed by atoms with Crippen molar-refractivity contribution in [2.24, 2.45) is 0 Å². The van der Waals surface area contributed by atoms with Gasteiger partial charge in [-0.05, 0) is 0 Å². The molecule has 0 aromatic heterocycles. The van der Waals surface area contributed by atoms with Crippen LogP contribution in [0.4, 0.5) is 0 Å². The highest BCUT2D eigenvalue weighted by Crippen LogP contribution is 2.34. The second-order valence-electron chi connectivity index (χ2n) is 9.84. The molecule has 2 N–H and O–H groups in total. The Balaban J connectivity index is 2.66. The Labute approximate surface area is 251 Å². The molecular formula is C26H37NO17. The van der Waals surface area contributed by atoms with E-state index in [-0.39, 0.29) is 0 Å². The van der Waals surface area contributed by atoms with Crippen molar-refractivity contribution in [3.05, 3.63) is 0 Å². The fourth-order valence-corrected chi connectivity index (χ4v) is 4.59. The Morgan fingerprint density at radius 3 is 1.45 bits per heavy atom. The van der Waals surface area contributed by atoms with Crippen molar-refractivity contribution in [1.29, 1.82) is 0 Å². The zero-order valence-electron chi connectivity index (χ0n) is 25.2. The van der Waals surface area contributed by atoms with E-state index in [4.69, 9.17) is 42.6 Å². The Hall–Kier alpha value is -3.87. The molecule has 0 aliphatic carbocycles. The molecule has 2 rings (SSSR count). The zero-order valence-corrected chi connectivity index (χ0v) is 25.2. The summed E-state index contributed by atoms with van der Waals surface area (Å²) in [5.41, 5.74) is 0. The number of nitrogens with one attached hydrogen (secondary N) is 1. The molecule has 0 radical (unpaired) electrons. The topological polar surface area (TPSA) is 235 Å². The Morgan fingerprint density at radius 1 is 0.568 bits per heavy atom. The minimum atomic E-state index is -1.79. The van der Waals surface area contributed by atoms with Crippen molar-refractivity contribution in [1.82, 2.24) is 5.32 Å². The van der Waals surface area contributed by atoms with Crippen molar-refractivity contribution in [3.8, 4) is 0 Å². The number of amides is 1. The van der Waals surface area contributed by atoms with Gasteiger partial charge in [-0.25, -0.2) is 0 Å². The lowest BCUT2D eigenvalue weighted by Crippen LogP contribution is -2.68. The molecule has 2 fully saturated rings. The van der Waals surface area contributed by atoms with Crippen molar-refractivity contribution in [2.75, 3.05) is 13.2 Å². The lowest BCUT2D eigenvalue weighted by molar-refractivity contribution is -0.347. The van der Waals surface area contributed by atoms with Crippen molar-refractivity contribution < 1.29 is 81.3 Å². The van der Waals surface area contributed by atoms with Crippen LogP contribution in [0.1, 0.15) is 48.5 Å². The van der Waals surface area contributed by atoms with Crippen molar-refractivity contribution >= 4 is 41.7 Å². The standard InChI is InChI=1S/C26H37NO17/c1-10(28)27-19-22(39-14(5)32)20(17(42-25(19)35)8-36-11(2)29)44-26-24(41-16(7)34)23(40-15(6)33)21(38-13(4)31)18(43-26)9-37-12(3)30/h17-26,35H,8-9H2,1-7H3,(H,27,28)/t17?,18?,19?,20-,21+,22-,23+,24?,25+,26+/m1/s1. The van der Waals surface area contributed by atoms with Crippen LogP contribution in [-0.2, 0) is 76.2 Å². The molecule has 2 saturated heterocycles. The van der Waals surface area contributed by atoms with Crippen LogP contribution in [0.3, 0.4) is 0 Å². The first kappa shape index (κ1) is 36.3. The summed E-state index contributed by atoms with van der Waals surface area (Å²) >= 11 is 0. The van der Waals surface area contributed by atoms with Gasteiger partial charge in [-0.15, -0.1) is 0 Å². The lowest BCUT2D eigenvalue weighted by atomic mass is 9.95. The number of rotatable bonds is 11. The number of aliphatic hydroxyl groups is 1. The maximum Gasteiger partial charge on any atom is 0.303 e. The monoisotopic (exact) mass is 635 g/mol. The summed E-state index contributed by atoms with van der Waals surface area (Å²) in [6.45, 7) is 6.33. The molecule has 0 saturated carbocycles. The van der Waals surface area contributed by atoms with Crippen LogP contribution in [0.2, 0.25) is 0 Å². The number of aliphatic hydroxyl groups excluding tert-OH is 1. The Morgan fingerprint density at radius 2 is 1.00 bits per heavy atom. The molecule has 2 aliphatic heterocycles. The quantitative estimate of drug-likeness (QED) is 0.188. The number of carbonyl (C=O) groups is 7. The van der Waals surface area contributed by atoms with E-state index < -0.39 is 116 Å². The SMILES string of the molecule is CC(=O)NC1[C@@H](OC(C)=O)[C@H](O[C@@H]2OC(COC(C)=O)[C@H](OC(C)=O)[C@H](OC(C)=O)C2OC(C)=O)C(COC(C)=O)O[C@@H]1O. The summed E-state index contributed by atoms with van der Waals surface area (Å²) in [4.78, 5) is 83.6. The normalized spacial score (nSPS) is 31.5. The first-order chi connectivity index (χ1) is 20.5. The van der Waals surface area contributed by atoms with Crippen LogP contribution in [0.15, 0.2) is 0 Å². The van der Waals surface area contributed by atoms with E-state index in [0.717, 1.165) is 48.5 Å². The van der Waals surface area contributed by atoms with E-state index in [9.17, 15) is 38.7 Å². The minimum Gasteiger partial charge on any atom is -0.463 e. The number of carbonyl (C=O) groups excluding carboxylic acids is 7. The van der Waals surface area contributed by atoms with Gasteiger partial charge in [0.15, 0.2) is 37.0 Å². The maximum atomic E-state index is 12.2. The van der Waals surface area contributed by atoms with Crippen LogP contribution in [-0.4, -0.2) is 121 Å². The number of hydrogen-bond donors (Lipinski definition) is 2. The predicted molar refractivity (Wildman–Crippen MR) is 138 cm³/mol. The average molecular weight is 636 g/mol. The number of ether oxygens (including phenoxy) is 9. The van der Waals surface area contributed by atoms with Gasteiger partial charge in [-0.1, -0.05) is 0 Å². The van der Waals surface area contributed by atoms with E-state index in [1.807, 2.05) is 0 Å². The molecule has 4 unspecified atom stereocenters. The molecule has 0 aromatic carbocycles. The fraction of sp³-hybridized carbons (Fsp3) is 0.731. The summed E-state index contributed by atoms with van der Waals surface area (Å²) < 4.78 is 49.2.